The van der Waals surface area contributed by atoms with Gasteiger partial charge in [-0.05, 0) is 37.3 Å². The van der Waals surface area contributed by atoms with Gasteiger partial charge in [0.25, 0.3) is 0 Å². The van der Waals surface area contributed by atoms with Gasteiger partial charge in [0.2, 0.25) is 0 Å². The van der Waals surface area contributed by atoms with Crippen LogP contribution in [0.5, 0.6) is 0 Å². The van der Waals surface area contributed by atoms with Crippen molar-refractivity contribution >= 4 is 33.9 Å². The van der Waals surface area contributed by atoms with Crippen molar-refractivity contribution in [1.82, 2.24) is 4.98 Å². The number of hydrogen-bond donors (Lipinski definition) is 2. The third-order valence-corrected chi connectivity index (χ3v) is 5.32. The van der Waals surface area contributed by atoms with E-state index < -0.39 is 5.97 Å². The van der Waals surface area contributed by atoms with Crippen LogP contribution in [0.25, 0.3) is 10.9 Å². The van der Waals surface area contributed by atoms with Crippen LogP contribution >= 0.6 is 0 Å². The Morgan fingerprint density at radius 2 is 1.86 bits per heavy atom. The molecule has 6 heteroatoms. The number of carboxylic acids is 1. The molecule has 28 heavy (non-hydrogen) atoms. The number of hydrogen-bond acceptors (Lipinski definition) is 5. The Hall–Kier alpha value is -3.12. The molecule has 0 saturated carbocycles. The van der Waals surface area contributed by atoms with Crippen molar-refractivity contribution < 1.29 is 14.8 Å². The highest BCUT2D eigenvalue weighted by atomic mass is 16.4. The van der Waals surface area contributed by atoms with Crippen molar-refractivity contribution in [3.05, 3.63) is 59.8 Å². The lowest BCUT2D eigenvalue weighted by molar-refractivity contribution is -0.880. The third kappa shape index (κ3) is 3.64. The smallest absolute Gasteiger partial charge is 0.0947 e. The molecule has 1 saturated heterocycles. The number of carbonyl (C=O) groups is 1. The molecule has 6 nitrogen and oxygen atoms in total. The Kier molecular flexibility index (Phi) is 4.88. The molecule has 0 bridgehead atoms. The van der Waals surface area contributed by atoms with Gasteiger partial charge in [-0.2, -0.15) is 0 Å². The molecule has 2 heterocycles. The van der Waals surface area contributed by atoms with Crippen molar-refractivity contribution in [1.29, 1.82) is 0 Å². The molecule has 1 aliphatic rings. The number of aromatic carboxylic acids is 1. The summed E-state index contributed by atoms with van der Waals surface area (Å²) in [6.07, 6.45) is 0. The third-order valence-electron chi connectivity index (χ3n) is 5.32. The molecule has 0 unspecified atom stereocenters. The summed E-state index contributed by atoms with van der Waals surface area (Å²) < 4.78 is 0. The lowest BCUT2D eigenvalue weighted by Crippen LogP contribution is -3.12. The Labute approximate surface area is 164 Å². The van der Waals surface area contributed by atoms with E-state index in [0.717, 1.165) is 48.6 Å². The fourth-order valence-corrected chi connectivity index (χ4v) is 3.70. The fraction of sp³-hybridized carbons (Fsp3) is 0.273. The standard InChI is InChI=1S/C22H24N4O2/c1-15-14-20(18-4-3-5-19(22(27)28)21(18)23-15)24-16-6-8-17(9-7-16)26-12-10-25(2)11-13-26/h3-9,14H,10-13H2,1-2H3,(H,23,24)(H,27,28). The monoisotopic (exact) mass is 376 g/mol. The van der Waals surface area contributed by atoms with Gasteiger partial charge in [0.1, 0.15) is 0 Å². The maximum Gasteiger partial charge on any atom is 0.0947 e. The van der Waals surface area contributed by atoms with E-state index in [9.17, 15) is 9.90 Å². The molecule has 0 spiro atoms. The molecule has 2 aromatic carbocycles. The molecule has 4 rings (SSSR count). The van der Waals surface area contributed by atoms with E-state index in [1.54, 1.807) is 11.0 Å². The van der Waals surface area contributed by atoms with E-state index in [1.165, 1.54) is 11.8 Å². The number of piperazine rings is 1. The van der Waals surface area contributed by atoms with Gasteiger partial charge in [-0.25, -0.2) is 0 Å². The first-order valence-electron chi connectivity index (χ1n) is 9.56. The summed E-state index contributed by atoms with van der Waals surface area (Å²) in [4.78, 5) is 19.8. The second-order valence-corrected chi connectivity index (χ2v) is 7.42. The zero-order valence-corrected chi connectivity index (χ0v) is 16.2. The van der Waals surface area contributed by atoms with Gasteiger partial charge in [0.05, 0.1) is 44.7 Å². The average molecular weight is 376 g/mol. The van der Waals surface area contributed by atoms with Crippen molar-refractivity contribution in [2.45, 2.75) is 6.92 Å². The molecule has 0 radical (unpaired) electrons. The van der Waals surface area contributed by atoms with Gasteiger partial charge in [0, 0.05) is 33.7 Å². The van der Waals surface area contributed by atoms with Crippen LogP contribution in [0.1, 0.15) is 16.1 Å². The van der Waals surface area contributed by atoms with Crippen LogP contribution in [0.4, 0.5) is 17.1 Å². The first kappa shape index (κ1) is 18.3. The maximum absolute atomic E-state index is 11.4. The lowest BCUT2D eigenvalue weighted by atomic mass is 10.1. The minimum atomic E-state index is -1.21. The van der Waals surface area contributed by atoms with E-state index in [1.807, 2.05) is 19.1 Å². The second kappa shape index (κ2) is 7.48. The van der Waals surface area contributed by atoms with Crippen LogP contribution in [-0.4, -0.2) is 44.2 Å². The van der Waals surface area contributed by atoms with E-state index in [-0.39, 0.29) is 5.56 Å². The van der Waals surface area contributed by atoms with Crippen LogP contribution in [-0.2, 0) is 0 Å². The summed E-state index contributed by atoms with van der Waals surface area (Å²) in [7, 11) is 2.23. The van der Waals surface area contributed by atoms with Crippen molar-refractivity contribution in [3.63, 3.8) is 0 Å². The molecule has 2 N–H and O–H groups in total. The summed E-state index contributed by atoms with van der Waals surface area (Å²) in [5.41, 5.74) is 4.32. The number of para-hydroxylation sites is 1. The van der Waals surface area contributed by atoms with Crippen LogP contribution in [0, 0.1) is 6.92 Å². The molecular formula is C22H24N4O2. The van der Waals surface area contributed by atoms with Crippen molar-refractivity contribution in [2.75, 3.05) is 43.4 Å². The minimum Gasteiger partial charge on any atom is -0.545 e. The number of nitrogens with zero attached hydrogens (tertiary/aromatic N) is 2. The highest BCUT2D eigenvalue weighted by Crippen LogP contribution is 2.29. The number of fused-ring (bicyclic) bond motifs is 1. The van der Waals surface area contributed by atoms with Crippen LogP contribution in [0.15, 0.2) is 48.5 Å². The summed E-state index contributed by atoms with van der Waals surface area (Å²) in [5.74, 6) is -1.21. The predicted octanol–water partition coefficient (Wildman–Crippen LogP) is 0.985. The quantitative estimate of drug-likeness (QED) is 0.710. The van der Waals surface area contributed by atoms with Crippen LogP contribution < -0.4 is 20.2 Å². The van der Waals surface area contributed by atoms with Crippen molar-refractivity contribution in [2.24, 2.45) is 0 Å². The average Bonchev–Trinajstić information content (AvgIpc) is 2.68. The molecule has 0 atom stereocenters. The zero-order valence-electron chi connectivity index (χ0n) is 16.2. The first-order valence-corrected chi connectivity index (χ1v) is 9.56. The predicted molar refractivity (Wildman–Crippen MR) is 109 cm³/mol. The lowest BCUT2D eigenvalue weighted by Gasteiger charge is -2.31. The number of aromatic nitrogens is 1. The number of anilines is 3. The Morgan fingerprint density at radius 3 is 2.54 bits per heavy atom. The van der Waals surface area contributed by atoms with Crippen LogP contribution in [0.3, 0.4) is 0 Å². The van der Waals surface area contributed by atoms with E-state index in [0.29, 0.717) is 5.52 Å². The number of carbonyl (C=O) groups excluding carboxylic acids is 1. The van der Waals surface area contributed by atoms with E-state index in [4.69, 9.17) is 0 Å². The SMILES string of the molecule is Cc1cc(Nc2ccc(N3CC[NH+](C)CC3)cc2)c2cccc(C(=O)[O-])c2n1. The normalized spacial score (nSPS) is 15.0. The molecule has 1 fully saturated rings. The minimum absolute atomic E-state index is 0.108. The number of rotatable bonds is 4. The van der Waals surface area contributed by atoms with E-state index in [2.05, 4.69) is 46.5 Å². The zero-order chi connectivity index (χ0) is 19.7. The highest BCUT2D eigenvalue weighted by Gasteiger charge is 2.16. The molecule has 1 aromatic heterocycles. The Morgan fingerprint density at radius 1 is 1.14 bits per heavy atom. The van der Waals surface area contributed by atoms with Gasteiger partial charge in [-0.1, -0.05) is 18.2 Å². The largest absolute Gasteiger partial charge is 0.545 e. The number of likely N-dealkylation sites (N-methyl/N-ethyl adjacent to an activating group) is 1. The Bertz CT molecular complexity index is 1010. The summed E-state index contributed by atoms with van der Waals surface area (Å²) in [6, 6.07) is 15.4. The molecule has 144 valence electrons. The number of nitrogens with one attached hydrogen (secondary N) is 2. The van der Waals surface area contributed by atoms with Crippen LogP contribution in [0.2, 0.25) is 0 Å². The molecule has 3 aromatic rings. The summed E-state index contributed by atoms with van der Waals surface area (Å²) in [6.45, 7) is 6.30. The number of carboxylic acid groups (broad SMARTS) is 1. The molecule has 1 aliphatic heterocycles. The second-order valence-electron chi connectivity index (χ2n) is 7.42. The summed E-state index contributed by atoms with van der Waals surface area (Å²) in [5, 5.41) is 15.6. The number of aryl methyl sites for hydroxylation is 1. The van der Waals surface area contributed by atoms with Gasteiger partial charge in [0.15, 0.2) is 0 Å². The maximum atomic E-state index is 11.4. The number of pyridine rings is 1. The fourth-order valence-electron chi connectivity index (χ4n) is 3.70. The first-order chi connectivity index (χ1) is 13.5. The molecular weight excluding hydrogens is 352 g/mol. The van der Waals surface area contributed by atoms with Gasteiger partial charge < -0.3 is 25.0 Å². The number of quaternary nitrogens is 1. The Balaban J connectivity index is 1.61. The number of benzene rings is 2. The summed E-state index contributed by atoms with van der Waals surface area (Å²) >= 11 is 0. The molecule has 0 amide bonds. The van der Waals surface area contributed by atoms with Gasteiger partial charge in [-0.15, -0.1) is 0 Å². The topological polar surface area (TPSA) is 72.7 Å². The molecule has 0 aliphatic carbocycles. The highest BCUT2D eigenvalue weighted by molar-refractivity contribution is 6.05. The van der Waals surface area contributed by atoms with Crippen molar-refractivity contribution in [3.8, 4) is 0 Å². The van der Waals surface area contributed by atoms with Gasteiger partial charge >= 0.3 is 0 Å². The van der Waals surface area contributed by atoms with Gasteiger partial charge in [-0.3, -0.25) is 4.98 Å². The van der Waals surface area contributed by atoms with E-state index >= 15 is 0 Å².